The molecule has 1 aromatic heterocycles. The molecule has 0 amide bonds. The van der Waals surface area contributed by atoms with E-state index in [2.05, 4.69) is 101 Å². The van der Waals surface area contributed by atoms with E-state index in [9.17, 15) is 0 Å². The average Bonchev–Trinajstić information content (AvgIpc) is 3.22. The van der Waals surface area contributed by atoms with E-state index in [4.69, 9.17) is 0 Å². The number of hydrogen-bond acceptors (Lipinski definition) is 1. The Balaban J connectivity index is 1.26. The minimum absolute atomic E-state index is 0.711. The van der Waals surface area contributed by atoms with Crippen molar-refractivity contribution in [3.8, 4) is 5.69 Å². The van der Waals surface area contributed by atoms with Crippen LogP contribution in [0.3, 0.4) is 0 Å². The smallest absolute Gasteiger partial charge is 0.0531 e. The molecule has 5 rings (SSSR count). The number of para-hydroxylation sites is 2. The summed E-state index contributed by atoms with van der Waals surface area (Å²) in [7, 11) is 0. The average molecular weight is 409 g/mol. The first kappa shape index (κ1) is 20.1. The molecule has 0 aliphatic carbocycles. The number of rotatable bonds is 7. The van der Waals surface area contributed by atoms with Gasteiger partial charge in [0.05, 0.1) is 5.52 Å². The van der Waals surface area contributed by atoms with Gasteiger partial charge in [-0.1, -0.05) is 73.2 Å². The van der Waals surface area contributed by atoms with Gasteiger partial charge in [0.15, 0.2) is 0 Å². The Bertz CT molecular complexity index is 1100. The summed E-state index contributed by atoms with van der Waals surface area (Å²) >= 11 is 0. The Kier molecular flexibility index (Phi) is 6.18. The number of aryl methyl sites for hydroxylation is 1. The van der Waals surface area contributed by atoms with Crippen LogP contribution in [0.25, 0.3) is 16.6 Å². The second-order valence-corrected chi connectivity index (χ2v) is 8.89. The molecule has 1 aliphatic rings. The van der Waals surface area contributed by atoms with Gasteiger partial charge in [0.2, 0.25) is 0 Å². The molecule has 2 heterocycles. The van der Waals surface area contributed by atoms with Gasteiger partial charge in [-0.15, -0.1) is 0 Å². The molecule has 2 unspecified atom stereocenters. The summed E-state index contributed by atoms with van der Waals surface area (Å²) in [4.78, 5) is 0. The first-order valence-corrected chi connectivity index (χ1v) is 11.8. The Labute approximate surface area is 185 Å². The van der Waals surface area contributed by atoms with E-state index < -0.39 is 0 Å². The highest BCUT2D eigenvalue weighted by Crippen LogP contribution is 2.34. The molecule has 1 fully saturated rings. The van der Waals surface area contributed by atoms with Gasteiger partial charge in [-0.25, -0.2) is 0 Å². The van der Waals surface area contributed by atoms with Crippen molar-refractivity contribution in [1.82, 2.24) is 9.88 Å². The van der Waals surface area contributed by atoms with Crippen molar-refractivity contribution in [1.29, 1.82) is 0 Å². The van der Waals surface area contributed by atoms with Crippen LogP contribution in [0.4, 0.5) is 0 Å². The van der Waals surface area contributed by atoms with Crippen molar-refractivity contribution >= 4 is 10.9 Å². The molecule has 31 heavy (non-hydrogen) atoms. The number of aromatic nitrogens is 1. The highest BCUT2D eigenvalue weighted by molar-refractivity contribution is 5.85. The van der Waals surface area contributed by atoms with Crippen molar-refractivity contribution in [3.05, 3.63) is 102 Å². The molecule has 1 saturated heterocycles. The topological polar surface area (TPSA) is 17.0 Å². The minimum Gasteiger partial charge on any atom is -0.316 e. The molecule has 0 radical (unpaired) electrons. The maximum atomic E-state index is 3.64. The van der Waals surface area contributed by atoms with Crippen LogP contribution in [0, 0.1) is 5.92 Å². The highest BCUT2D eigenvalue weighted by atomic mass is 15.0. The maximum Gasteiger partial charge on any atom is 0.0531 e. The maximum absolute atomic E-state index is 3.64. The molecule has 3 aromatic carbocycles. The predicted molar refractivity (Wildman–Crippen MR) is 131 cm³/mol. The van der Waals surface area contributed by atoms with Gasteiger partial charge >= 0.3 is 0 Å². The summed E-state index contributed by atoms with van der Waals surface area (Å²) < 4.78 is 2.35. The number of nitrogens with one attached hydrogen (secondary N) is 1. The van der Waals surface area contributed by atoms with E-state index in [1.807, 2.05) is 0 Å². The number of piperidine rings is 1. The van der Waals surface area contributed by atoms with Crippen LogP contribution < -0.4 is 5.32 Å². The molecule has 0 spiro atoms. The molecule has 2 atom stereocenters. The molecule has 1 aliphatic heterocycles. The van der Waals surface area contributed by atoms with Crippen molar-refractivity contribution in [2.75, 3.05) is 13.1 Å². The normalized spacial score (nSPS) is 19.0. The van der Waals surface area contributed by atoms with Crippen molar-refractivity contribution in [2.45, 2.75) is 38.0 Å². The molecule has 2 heteroatoms. The van der Waals surface area contributed by atoms with Crippen molar-refractivity contribution in [2.24, 2.45) is 5.92 Å². The summed E-state index contributed by atoms with van der Waals surface area (Å²) in [5.74, 6) is 1.46. The second-order valence-electron chi connectivity index (χ2n) is 8.89. The molecular formula is C29H32N2. The SMILES string of the molecule is c1ccc(C2CCNCC2CCCCc2cn(-c3ccccc3)c3ccccc23)cc1. The molecule has 0 saturated carbocycles. The Morgan fingerprint density at radius 2 is 1.55 bits per heavy atom. The van der Waals surface area contributed by atoms with Gasteiger partial charge in [-0.2, -0.15) is 0 Å². The summed E-state index contributed by atoms with van der Waals surface area (Å²) in [5, 5.41) is 5.03. The number of benzene rings is 3. The monoisotopic (exact) mass is 408 g/mol. The van der Waals surface area contributed by atoms with E-state index in [1.165, 1.54) is 53.4 Å². The van der Waals surface area contributed by atoms with E-state index >= 15 is 0 Å². The Hall–Kier alpha value is -2.84. The molecular weight excluding hydrogens is 376 g/mol. The molecule has 2 nitrogen and oxygen atoms in total. The quantitative estimate of drug-likeness (QED) is 0.335. The third-order valence-corrected chi connectivity index (χ3v) is 6.94. The zero-order valence-corrected chi connectivity index (χ0v) is 18.2. The first-order chi connectivity index (χ1) is 15.4. The van der Waals surface area contributed by atoms with Crippen LogP contribution >= 0.6 is 0 Å². The third-order valence-electron chi connectivity index (χ3n) is 6.94. The first-order valence-electron chi connectivity index (χ1n) is 11.8. The van der Waals surface area contributed by atoms with Gasteiger partial charge in [-0.05, 0) is 79.9 Å². The lowest BCUT2D eigenvalue weighted by atomic mass is 9.78. The van der Waals surface area contributed by atoms with Crippen molar-refractivity contribution in [3.63, 3.8) is 0 Å². The largest absolute Gasteiger partial charge is 0.316 e. The molecule has 1 N–H and O–H groups in total. The van der Waals surface area contributed by atoms with Crippen LogP contribution in [0.5, 0.6) is 0 Å². The van der Waals surface area contributed by atoms with E-state index in [0.717, 1.165) is 25.4 Å². The zero-order chi connectivity index (χ0) is 20.9. The summed E-state index contributed by atoms with van der Waals surface area (Å²) in [6.07, 6.45) is 8.62. The summed E-state index contributed by atoms with van der Waals surface area (Å²) in [6, 6.07) is 30.7. The fraction of sp³-hybridized carbons (Fsp3) is 0.310. The van der Waals surface area contributed by atoms with Gasteiger partial charge in [0, 0.05) is 17.3 Å². The van der Waals surface area contributed by atoms with Crippen LogP contribution in [-0.2, 0) is 6.42 Å². The molecule has 158 valence electrons. The van der Waals surface area contributed by atoms with Crippen molar-refractivity contribution < 1.29 is 0 Å². The third kappa shape index (κ3) is 4.45. The number of fused-ring (bicyclic) bond motifs is 1. The van der Waals surface area contributed by atoms with Gasteiger partial charge in [0.1, 0.15) is 0 Å². The lowest BCUT2D eigenvalue weighted by Crippen LogP contribution is -2.35. The van der Waals surface area contributed by atoms with Gasteiger partial charge in [0.25, 0.3) is 0 Å². The predicted octanol–water partition coefficient (Wildman–Crippen LogP) is 6.74. The molecule has 4 aromatic rings. The van der Waals surface area contributed by atoms with Crippen LogP contribution in [0.2, 0.25) is 0 Å². The van der Waals surface area contributed by atoms with E-state index in [-0.39, 0.29) is 0 Å². The lowest BCUT2D eigenvalue weighted by Gasteiger charge is -2.32. The van der Waals surface area contributed by atoms with Gasteiger partial charge < -0.3 is 9.88 Å². The minimum atomic E-state index is 0.711. The Morgan fingerprint density at radius 1 is 0.806 bits per heavy atom. The van der Waals surface area contributed by atoms with Gasteiger partial charge in [-0.3, -0.25) is 0 Å². The fourth-order valence-electron chi connectivity index (χ4n) is 5.34. The fourth-order valence-corrected chi connectivity index (χ4v) is 5.34. The summed E-state index contributed by atoms with van der Waals surface area (Å²) in [6.45, 7) is 2.31. The standard InChI is InChI=1S/C29H32N2/c1-3-11-23(12-4-1)27-19-20-30-21-24(27)13-7-8-14-25-22-31(26-15-5-2-6-16-26)29-18-10-9-17-28(25)29/h1-6,9-12,15-18,22,24,27,30H,7-8,13-14,19-21H2. The summed E-state index contributed by atoms with van der Waals surface area (Å²) in [5.41, 5.74) is 5.55. The molecule has 0 bridgehead atoms. The van der Waals surface area contributed by atoms with E-state index in [0.29, 0.717) is 5.92 Å². The second kappa shape index (κ2) is 9.53. The van der Waals surface area contributed by atoms with Crippen LogP contribution in [0.15, 0.2) is 91.1 Å². The van der Waals surface area contributed by atoms with Crippen LogP contribution in [-0.4, -0.2) is 17.7 Å². The lowest BCUT2D eigenvalue weighted by molar-refractivity contribution is 0.301. The Morgan fingerprint density at radius 3 is 2.39 bits per heavy atom. The number of hydrogen-bond donors (Lipinski definition) is 1. The highest BCUT2D eigenvalue weighted by Gasteiger charge is 2.25. The zero-order valence-electron chi connectivity index (χ0n) is 18.2. The van der Waals surface area contributed by atoms with E-state index in [1.54, 1.807) is 0 Å². The number of nitrogens with zero attached hydrogens (tertiary/aromatic N) is 1. The number of unbranched alkanes of at least 4 members (excludes halogenated alkanes) is 1. The van der Waals surface area contributed by atoms with Crippen LogP contribution in [0.1, 0.15) is 42.7 Å².